The Morgan fingerprint density at radius 2 is 1.84 bits per heavy atom. The molecular formula is C27H31N3O7. The highest BCUT2D eigenvalue weighted by atomic mass is 16.7. The summed E-state index contributed by atoms with van der Waals surface area (Å²) in [5.74, 6) is 0.959. The third kappa shape index (κ3) is 5.34. The number of rotatable bonds is 6. The molecule has 0 radical (unpaired) electrons. The van der Waals surface area contributed by atoms with Crippen molar-refractivity contribution >= 4 is 23.4 Å². The van der Waals surface area contributed by atoms with Gasteiger partial charge < -0.3 is 34.5 Å². The highest BCUT2D eigenvalue weighted by molar-refractivity contribution is 6.06. The molecular weight excluding hydrogens is 478 g/mol. The van der Waals surface area contributed by atoms with Crippen LogP contribution in [0.15, 0.2) is 36.4 Å². The smallest absolute Gasteiger partial charge is 0.257 e. The van der Waals surface area contributed by atoms with Gasteiger partial charge in [-0.25, -0.2) is 0 Å². The van der Waals surface area contributed by atoms with Crippen LogP contribution >= 0.6 is 0 Å². The van der Waals surface area contributed by atoms with Crippen molar-refractivity contribution in [1.82, 2.24) is 10.2 Å². The molecule has 37 heavy (non-hydrogen) atoms. The van der Waals surface area contributed by atoms with Gasteiger partial charge in [0.15, 0.2) is 11.5 Å². The molecule has 3 heterocycles. The first kappa shape index (κ1) is 24.9. The van der Waals surface area contributed by atoms with Gasteiger partial charge in [-0.1, -0.05) is 6.92 Å². The van der Waals surface area contributed by atoms with Gasteiger partial charge >= 0.3 is 0 Å². The van der Waals surface area contributed by atoms with Gasteiger partial charge in [0.05, 0.1) is 24.1 Å². The summed E-state index contributed by atoms with van der Waals surface area (Å²) < 4.78 is 22.9. The highest BCUT2D eigenvalue weighted by Gasteiger charge is 2.39. The second kappa shape index (κ2) is 10.7. The van der Waals surface area contributed by atoms with Crippen LogP contribution in [0, 0.1) is 0 Å². The fraction of sp³-hybridized carbons (Fsp3) is 0.444. The second-order valence-electron chi connectivity index (χ2n) is 9.46. The van der Waals surface area contributed by atoms with E-state index in [4.69, 9.17) is 18.9 Å². The normalized spacial score (nSPS) is 22.2. The quantitative estimate of drug-likeness (QED) is 0.615. The van der Waals surface area contributed by atoms with E-state index in [9.17, 15) is 14.4 Å². The number of hydrogen-bond acceptors (Lipinski definition) is 7. The molecule has 2 N–H and O–H groups in total. The average molecular weight is 510 g/mol. The summed E-state index contributed by atoms with van der Waals surface area (Å²) in [5, 5.41) is 5.73. The molecule has 0 spiro atoms. The Bertz CT molecular complexity index is 1200. The molecule has 10 nitrogen and oxygen atoms in total. The van der Waals surface area contributed by atoms with E-state index >= 15 is 0 Å². The summed E-state index contributed by atoms with van der Waals surface area (Å²) in [4.78, 5) is 40.1. The number of likely N-dealkylation sites (N-methyl/N-ethyl adjacent to an activating group) is 1. The van der Waals surface area contributed by atoms with Crippen LogP contribution in [0.5, 0.6) is 17.2 Å². The first-order valence-electron chi connectivity index (χ1n) is 12.6. The first-order chi connectivity index (χ1) is 17.9. The van der Waals surface area contributed by atoms with Gasteiger partial charge in [-0.3, -0.25) is 14.4 Å². The van der Waals surface area contributed by atoms with E-state index in [1.165, 1.54) is 0 Å². The molecule has 0 aliphatic carbocycles. The van der Waals surface area contributed by atoms with Crippen LogP contribution in [-0.4, -0.2) is 67.9 Å². The fourth-order valence-corrected chi connectivity index (χ4v) is 4.89. The van der Waals surface area contributed by atoms with Gasteiger partial charge in [-0.2, -0.15) is 0 Å². The molecule has 0 aromatic heterocycles. The summed E-state index contributed by atoms with van der Waals surface area (Å²) in [7, 11) is 1.75. The summed E-state index contributed by atoms with van der Waals surface area (Å²) >= 11 is 0. The molecule has 10 heteroatoms. The van der Waals surface area contributed by atoms with Crippen molar-refractivity contribution in [2.75, 3.05) is 32.3 Å². The predicted molar refractivity (Wildman–Crippen MR) is 134 cm³/mol. The van der Waals surface area contributed by atoms with Crippen molar-refractivity contribution in [3.8, 4) is 17.2 Å². The summed E-state index contributed by atoms with van der Waals surface area (Å²) in [6.07, 6.45) is 2.01. The first-order valence-corrected chi connectivity index (χ1v) is 12.6. The molecule has 3 aliphatic rings. The number of benzene rings is 2. The van der Waals surface area contributed by atoms with Crippen LogP contribution in [0.2, 0.25) is 0 Å². The van der Waals surface area contributed by atoms with Crippen LogP contribution < -0.4 is 24.8 Å². The number of amides is 3. The molecule has 1 saturated heterocycles. The Morgan fingerprint density at radius 3 is 2.68 bits per heavy atom. The van der Waals surface area contributed by atoms with Gasteiger partial charge in [-0.05, 0) is 55.7 Å². The Labute approximate surface area is 215 Å². The number of anilines is 1. The van der Waals surface area contributed by atoms with Crippen LogP contribution in [0.25, 0.3) is 0 Å². The minimum Gasteiger partial charge on any atom is -0.490 e. The van der Waals surface area contributed by atoms with E-state index < -0.39 is 0 Å². The van der Waals surface area contributed by atoms with E-state index in [-0.39, 0.29) is 49.4 Å². The molecule has 2 aromatic carbocycles. The van der Waals surface area contributed by atoms with Crippen LogP contribution in [-0.2, 0) is 9.53 Å². The molecule has 3 aliphatic heterocycles. The lowest BCUT2D eigenvalue weighted by atomic mass is 9.94. The van der Waals surface area contributed by atoms with E-state index in [1.807, 2.05) is 6.92 Å². The van der Waals surface area contributed by atoms with Gasteiger partial charge in [0.25, 0.3) is 11.8 Å². The van der Waals surface area contributed by atoms with E-state index in [0.29, 0.717) is 59.9 Å². The Hall–Kier alpha value is -3.79. The van der Waals surface area contributed by atoms with Crippen LogP contribution in [0.1, 0.15) is 53.3 Å². The minimum atomic E-state index is -0.342. The SMILES string of the molecule is CCCNC(=O)C[C@H]1CC[C@@H]2[C@@H](COc3ccc(NC(=O)c4ccc5c(c4)OCO5)cc3C(=O)N2C)O1. The van der Waals surface area contributed by atoms with Crippen molar-refractivity contribution in [3.05, 3.63) is 47.5 Å². The topological polar surface area (TPSA) is 115 Å². The lowest BCUT2D eigenvalue weighted by molar-refractivity contribution is -0.134. The Morgan fingerprint density at radius 1 is 1.03 bits per heavy atom. The van der Waals surface area contributed by atoms with Crippen molar-refractivity contribution in [3.63, 3.8) is 0 Å². The van der Waals surface area contributed by atoms with Crippen molar-refractivity contribution in [2.45, 2.75) is 50.9 Å². The molecule has 3 atom stereocenters. The molecule has 0 unspecified atom stereocenters. The van der Waals surface area contributed by atoms with E-state index in [1.54, 1.807) is 48.3 Å². The number of carbonyl (C=O) groups is 3. The molecule has 0 saturated carbocycles. The zero-order chi connectivity index (χ0) is 25.9. The third-order valence-corrected chi connectivity index (χ3v) is 6.89. The zero-order valence-electron chi connectivity index (χ0n) is 21.0. The largest absolute Gasteiger partial charge is 0.490 e. The van der Waals surface area contributed by atoms with E-state index in [2.05, 4.69) is 10.6 Å². The van der Waals surface area contributed by atoms with Gasteiger partial charge in [0, 0.05) is 24.8 Å². The standard InChI is InChI=1S/C27H31N3O7/c1-3-10-28-25(31)13-18-6-7-20-24(37-18)14-34-21-9-5-17(12-19(21)27(33)30(20)2)29-26(32)16-4-8-22-23(11-16)36-15-35-22/h4-5,8-9,11-12,18,20,24H,3,6-7,10,13-15H2,1-2H3,(H,28,31)(H,29,32)/t18-,20-,24-/m1/s1. The molecule has 2 aromatic rings. The lowest BCUT2D eigenvalue weighted by Crippen LogP contribution is -2.54. The summed E-state index contributed by atoms with van der Waals surface area (Å²) in [6, 6.07) is 9.79. The third-order valence-electron chi connectivity index (χ3n) is 6.89. The monoisotopic (exact) mass is 509 g/mol. The Kier molecular flexibility index (Phi) is 7.18. The molecule has 0 bridgehead atoms. The second-order valence-corrected chi connectivity index (χ2v) is 9.46. The van der Waals surface area contributed by atoms with Crippen LogP contribution in [0.4, 0.5) is 5.69 Å². The molecule has 1 fully saturated rings. The molecule has 196 valence electrons. The summed E-state index contributed by atoms with van der Waals surface area (Å²) in [5.41, 5.74) is 1.25. The zero-order valence-corrected chi connectivity index (χ0v) is 21.0. The van der Waals surface area contributed by atoms with Crippen molar-refractivity contribution in [2.24, 2.45) is 0 Å². The average Bonchev–Trinajstić information content (AvgIpc) is 3.38. The number of carbonyl (C=O) groups excluding carboxylic acids is 3. The maximum absolute atomic E-state index is 13.4. The fourth-order valence-electron chi connectivity index (χ4n) is 4.89. The summed E-state index contributed by atoms with van der Waals surface area (Å²) in [6.45, 7) is 3.04. The maximum Gasteiger partial charge on any atom is 0.257 e. The van der Waals surface area contributed by atoms with Crippen LogP contribution in [0.3, 0.4) is 0 Å². The van der Waals surface area contributed by atoms with Gasteiger partial charge in [0.1, 0.15) is 18.5 Å². The Balaban J connectivity index is 1.28. The number of hydrogen-bond donors (Lipinski definition) is 2. The maximum atomic E-state index is 13.4. The predicted octanol–water partition coefficient (Wildman–Crippen LogP) is 2.96. The number of nitrogens with zero attached hydrogens (tertiary/aromatic N) is 1. The van der Waals surface area contributed by atoms with Gasteiger partial charge in [0.2, 0.25) is 12.7 Å². The minimum absolute atomic E-state index is 0.0258. The van der Waals surface area contributed by atoms with Crippen molar-refractivity contribution in [1.29, 1.82) is 0 Å². The molecule has 5 rings (SSSR count). The van der Waals surface area contributed by atoms with E-state index in [0.717, 1.165) is 6.42 Å². The van der Waals surface area contributed by atoms with Gasteiger partial charge in [-0.15, -0.1) is 0 Å². The number of fused-ring (bicyclic) bond motifs is 3. The van der Waals surface area contributed by atoms with Crippen molar-refractivity contribution < 1.29 is 33.3 Å². The lowest BCUT2D eigenvalue weighted by Gasteiger charge is -2.42. The molecule has 3 amide bonds. The number of nitrogens with one attached hydrogen (secondary N) is 2. The highest BCUT2D eigenvalue weighted by Crippen LogP contribution is 2.34. The number of ether oxygens (including phenoxy) is 4.